The second kappa shape index (κ2) is 12.0. The summed E-state index contributed by atoms with van der Waals surface area (Å²) in [4.78, 5) is 26.4. The Kier molecular flexibility index (Phi) is 8.76. The summed E-state index contributed by atoms with van der Waals surface area (Å²) in [7, 11) is 0. The summed E-state index contributed by atoms with van der Waals surface area (Å²) in [5.41, 5.74) is 1.27. The quantitative estimate of drug-likeness (QED) is 0.633. The number of ether oxygens (including phenoxy) is 2. The minimum absolute atomic E-state index is 0.0151. The van der Waals surface area contributed by atoms with Crippen LogP contribution < -0.4 is 14.8 Å². The Morgan fingerprint density at radius 1 is 0.968 bits per heavy atom. The number of rotatable bonds is 10. The van der Waals surface area contributed by atoms with Crippen LogP contribution in [0.25, 0.3) is 0 Å². The maximum Gasteiger partial charge on any atom is 0.260 e. The van der Waals surface area contributed by atoms with Crippen LogP contribution in [0.5, 0.6) is 11.5 Å². The summed E-state index contributed by atoms with van der Waals surface area (Å²) in [5, 5.41) is 3.05. The molecule has 6 heteroatoms. The van der Waals surface area contributed by atoms with E-state index in [2.05, 4.69) is 12.2 Å². The third kappa shape index (κ3) is 7.63. The lowest BCUT2D eigenvalue weighted by atomic mass is 10.0. The predicted octanol–water partition coefficient (Wildman–Crippen LogP) is 3.59. The molecular weight excluding hydrogens is 392 g/mol. The molecule has 1 fully saturated rings. The number of benzene rings is 2. The highest BCUT2D eigenvalue weighted by atomic mass is 16.5. The van der Waals surface area contributed by atoms with Gasteiger partial charge in [-0.25, -0.2) is 0 Å². The van der Waals surface area contributed by atoms with Crippen LogP contribution >= 0.6 is 0 Å². The molecule has 0 spiro atoms. The van der Waals surface area contributed by atoms with Crippen molar-refractivity contribution in [3.63, 3.8) is 0 Å². The van der Waals surface area contributed by atoms with Crippen molar-refractivity contribution in [2.45, 2.75) is 45.1 Å². The lowest BCUT2D eigenvalue weighted by molar-refractivity contribution is -0.134. The van der Waals surface area contributed by atoms with Crippen molar-refractivity contribution in [3.05, 3.63) is 60.2 Å². The molecule has 0 aliphatic carbocycles. The molecule has 0 radical (unpaired) electrons. The highest BCUT2D eigenvalue weighted by Gasteiger charge is 2.24. The Bertz CT molecular complexity index is 815. The van der Waals surface area contributed by atoms with Crippen molar-refractivity contribution in [1.29, 1.82) is 0 Å². The summed E-state index contributed by atoms with van der Waals surface area (Å²) < 4.78 is 11.2. The summed E-state index contributed by atoms with van der Waals surface area (Å²) >= 11 is 0. The van der Waals surface area contributed by atoms with Crippen LogP contribution in [0.2, 0.25) is 0 Å². The number of nitrogens with zero attached hydrogens (tertiary/aromatic N) is 1. The fourth-order valence-corrected chi connectivity index (χ4v) is 3.63. The van der Waals surface area contributed by atoms with Gasteiger partial charge in [0.05, 0.1) is 13.0 Å². The Morgan fingerprint density at radius 3 is 2.32 bits per heavy atom. The van der Waals surface area contributed by atoms with Gasteiger partial charge in [-0.3, -0.25) is 9.59 Å². The van der Waals surface area contributed by atoms with Crippen LogP contribution in [0.15, 0.2) is 54.6 Å². The summed E-state index contributed by atoms with van der Waals surface area (Å²) in [6.45, 7) is 3.80. The Balaban J connectivity index is 1.31. The monoisotopic (exact) mass is 424 g/mol. The molecule has 0 aromatic heterocycles. The lowest BCUT2D eigenvalue weighted by Gasteiger charge is -2.32. The zero-order chi connectivity index (χ0) is 21.9. The first-order chi connectivity index (χ1) is 15.1. The van der Waals surface area contributed by atoms with Gasteiger partial charge in [0.1, 0.15) is 11.5 Å². The van der Waals surface area contributed by atoms with Gasteiger partial charge in [-0.2, -0.15) is 0 Å². The van der Waals surface area contributed by atoms with E-state index in [1.807, 2.05) is 59.5 Å². The normalized spacial score (nSPS) is 14.2. The van der Waals surface area contributed by atoms with E-state index in [0.717, 1.165) is 31.4 Å². The second-order valence-corrected chi connectivity index (χ2v) is 7.82. The molecule has 1 N–H and O–H groups in total. The number of carbonyl (C=O) groups excluding carboxylic acids is 2. The summed E-state index contributed by atoms with van der Waals surface area (Å²) in [6.07, 6.45) is 3.98. The van der Waals surface area contributed by atoms with Crippen molar-refractivity contribution in [2.24, 2.45) is 0 Å². The van der Waals surface area contributed by atoms with Crippen LogP contribution in [0.3, 0.4) is 0 Å². The molecule has 1 aliphatic heterocycles. The first-order valence-corrected chi connectivity index (χ1v) is 11.1. The summed E-state index contributed by atoms with van der Waals surface area (Å²) in [5.74, 6) is 1.45. The van der Waals surface area contributed by atoms with Crippen molar-refractivity contribution >= 4 is 11.8 Å². The largest absolute Gasteiger partial charge is 0.493 e. The molecule has 6 nitrogen and oxygen atoms in total. The smallest absolute Gasteiger partial charge is 0.260 e. The SMILES string of the molecule is CCCc1ccc(OCC(=O)N2CCC(NC(=O)CCOc3ccccc3)CC2)cc1. The topological polar surface area (TPSA) is 67.9 Å². The van der Waals surface area contributed by atoms with Crippen molar-refractivity contribution in [1.82, 2.24) is 10.2 Å². The van der Waals surface area contributed by atoms with Crippen LogP contribution in [-0.4, -0.2) is 49.1 Å². The molecule has 0 atom stereocenters. The highest BCUT2D eigenvalue weighted by Crippen LogP contribution is 2.15. The van der Waals surface area contributed by atoms with E-state index in [1.54, 1.807) is 0 Å². The average molecular weight is 425 g/mol. The number of likely N-dealkylation sites (tertiary alicyclic amines) is 1. The van der Waals surface area contributed by atoms with E-state index in [1.165, 1.54) is 5.56 Å². The lowest BCUT2D eigenvalue weighted by Crippen LogP contribution is -2.47. The van der Waals surface area contributed by atoms with E-state index >= 15 is 0 Å². The van der Waals surface area contributed by atoms with E-state index in [0.29, 0.717) is 31.9 Å². The number of para-hydroxylation sites is 1. The zero-order valence-electron chi connectivity index (χ0n) is 18.2. The molecule has 1 aliphatic rings. The molecule has 2 aromatic rings. The van der Waals surface area contributed by atoms with Crippen molar-refractivity contribution in [3.8, 4) is 11.5 Å². The van der Waals surface area contributed by atoms with Gasteiger partial charge in [0.15, 0.2) is 6.61 Å². The molecule has 2 aromatic carbocycles. The Labute approximate surface area is 184 Å². The van der Waals surface area contributed by atoms with Gasteiger partial charge in [-0.1, -0.05) is 43.7 Å². The molecule has 3 rings (SSSR count). The van der Waals surface area contributed by atoms with Gasteiger partial charge in [0.2, 0.25) is 5.91 Å². The van der Waals surface area contributed by atoms with E-state index in [4.69, 9.17) is 9.47 Å². The minimum atomic E-state index is -0.0180. The number of hydrogen-bond donors (Lipinski definition) is 1. The van der Waals surface area contributed by atoms with Crippen LogP contribution in [0.1, 0.15) is 38.2 Å². The predicted molar refractivity (Wildman–Crippen MR) is 120 cm³/mol. The number of aryl methyl sites for hydroxylation is 1. The molecule has 1 heterocycles. The fourth-order valence-electron chi connectivity index (χ4n) is 3.63. The van der Waals surface area contributed by atoms with Crippen molar-refractivity contribution < 1.29 is 19.1 Å². The Hall–Kier alpha value is -3.02. The molecule has 0 unspecified atom stereocenters. The highest BCUT2D eigenvalue weighted by molar-refractivity contribution is 5.78. The zero-order valence-corrected chi connectivity index (χ0v) is 18.2. The fraction of sp³-hybridized carbons (Fsp3) is 0.440. The molecule has 166 valence electrons. The first-order valence-electron chi connectivity index (χ1n) is 11.1. The molecule has 0 bridgehead atoms. The first kappa shape index (κ1) is 22.7. The Morgan fingerprint density at radius 2 is 1.65 bits per heavy atom. The maximum atomic E-state index is 12.4. The molecule has 1 saturated heterocycles. The molecular formula is C25H32N2O4. The number of hydrogen-bond acceptors (Lipinski definition) is 4. The maximum absolute atomic E-state index is 12.4. The minimum Gasteiger partial charge on any atom is -0.493 e. The van der Waals surface area contributed by atoms with E-state index < -0.39 is 0 Å². The number of nitrogens with one attached hydrogen (secondary N) is 1. The summed E-state index contributed by atoms with van der Waals surface area (Å²) in [6, 6.07) is 17.5. The van der Waals surface area contributed by atoms with Gasteiger partial charge >= 0.3 is 0 Å². The van der Waals surface area contributed by atoms with Crippen LogP contribution in [0, 0.1) is 0 Å². The van der Waals surface area contributed by atoms with Gasteiger partial charge in [0, 0.05) is 19.1 Å². The second-order valence-electron chi connectivity index (χ2n) is 7.82. The van der Waals surface area contributed by atoms with Gasteiger partial charge < -0.3 is 19.7 Å². The number of piperidine rings is 1. The van der Waals surface area contributed by atoms with Gasteiger partial charge in [-0.15, -0.1) is 0 Å². The van der Waals surface area contributed by atoms with Crippen LogP contribution in [-0.2, 0) is 16.0 Å². The van der Waals surface area contributed by atoms with Gasteiger partial charge in [0.25, 0.3) is 5.91 Å². The third-order valence-corrected chi connectivity index (χ3v) is 5.38. The number of carbonyl (C=O) groups is 2. The average Bonchev–Trinajstić information content (AvgIpc) is 2.80. The van der Waals surface area contributed by atoms with E-state index in [-0.39, 0.29) is 24.5 Å². The van der Waals surface area contributed by atoms with E-state index in [9.17, 15) is 9.59 Å². The molecule has 0 saturated carbocycles. The van der Waals surface area contributed by atoms with Gasteiger partial charge in [-0.05, 0) is 49.1 Å². The van der Waals surface area contributed by atoms with Crippen molar-refractivity contribution in [2.75, 3.05) is 26.3 Å². The molecule has 2 amide bonds. The molecule has 31 heavy (non-hydrogen) atoms. The standard InChI is InChI=1S/C25H32N2O4/c1-2-6-20-9-11-23(12-10-20)31-19-25(29)27-16-13-21(14-17-27)26-24(28)15-18-30-22-7-4-3-5-8-22/h3-5,7-12,21H,2,6,13-19H2,1H3,(H,26,28). The third-order valence-electron chi connectivity index (χ3n) is 5.38. The number of amides is 2. The van der Waals surface area contributed by atoms with Crippen LogP contribution in [0.4, 0.5) is 0 Å².